The Labute approximate surface area is 202 Å². The van der Waals surface area contributed by atoms with Crippen molar-refractivity contribution in [2.24, 2.45) is 9.98 Å². The smallest absolute Gasteiger partial charge is 0.324 e. The maximum absolute atomic E-state index is 13.5. The number of hydrogen-bond acceptors (Lipinski definition) is 7. The summed E-state index contributed by atoms with van der Waals surface area (Å²) in [5, 5.41) is 6.54. The van der Waals surface area contributed by atoms with Gasteiger partial charge in [0.25, 0.3) is 0 Å². The van der Waals surface area contributed by atoms with E-state index in [9.17, 15) is 13.2 Å². The average molecular weight is 489 g/mol. The van der Waals surface area contributed by atoms with Crippen molar-refractivity contribution in [3.63, 3.8) is 0 Å². The van der Waals surface area contributed by atoms with Crippen LogP contribution in [0.4, 0.5) is 18.9 Å². The maximum Gasteiger partial charge on any atom is 0.416 e. The third-order valence-electron chi connectivity index (χ3n) is 6.00. The summed E-state index contributed by atoms with van der Waals surface area (Å²) < 4.78 is 40.5. The van der Waals surface area contributed by atoms with Gasteiger partial charge in [-0.3, -0.25) is 9.98 Å². The van der Waals surface area contributed by atoms with Gasteiger partial charge in [0.2, 0.25) is 5.96 Å². The minimum atomic E-state index is -4.48. The molecule has 34 heavy (non-hydrogen) atoms. The highest BCUT2D eigenvalue weighted by atomic mass is 32.1. The fraction of sp³-hybridized carbons (Fsp3) is 0.417. The second-order valence-electron chi connectivity index (χ2n) is 8.94. The van der Waals surface area contributed by atoms with Crippen LogP contribution in [0.5, 0.6) is 0 Å². The summed E-state index contributed by atoms with van der Waals surface area (Å²) in [5.74, 6) is 0.394. The van der Waals surface area contributed by atoms with Crippen LogP contribution in [0.15, 0.2) is 57.3 Å². The van der Waals surface area contributed by atoms with Gasteiger partial charge in [-0.25, -0.2) is 4.99 Å². The second-order valence-corrected chi connectivity index (χ2v) is 9.51. The molecule has 0 bridgehead atoms. The Kier molecular flexibility index (Phi) is 6.73. The number of alkyl halides is 3. The summed E-state index contributed by atoms with van der Waals surface area (Å²) >= 11 is 5.39. The van der Waals surface area contributed by atoms with Crippen LogP contribution in [0, 0.1) is 6.92 Å². The molecule has 1 spiro atoms. The van der Waals surface area contributed by atoms with Crippen LogP contribution in [0.3, 0.4) is 0 Å². The molecule has 1 unspecified atom stereocenters. The van der Waals surface area contributed by atoms with Crippen LogP contribution in [-0.4, -0.2) is 59.4 Å². The highest BCUT2D eigenvalue weighted by molar-refractivity contribution is 7.80. The first kappa shape index (κ1) is 24.3. The molecule has 1 atom stereocenters. The number of nitrogens with one attached hydrogen (secondary N) is 2. The fourth-order valence-electron chi connectivity index (χ4n) is 4.22. The predicted molar refractivity (Wildman–Crippen MR) is 133 cm³/mol. The lowest BCUT2D eigenvalue weighted by Crippen LogP contribution is -2.56. The molecule has 6 nitrogen and oxygen atoms in total. The number of aromatic nitrogens is 1. The van der Waals surface area contributed by atoms with E-state index in [0.29, 0.717) is 22.8 Å². The van der Waals surface area contributed by atoms with Gasteiger partial charge in [0.1, 0.15) is 0 Å². The molecule has 1 saturated carbocycles. The third kappa shape index (κ3) is 5.12. The monoisotopic (exact) mass is 488 g/mol. The Morgan fingerprint density at radius 1 is 1.24 bits per heavy atom. The zero-order valence-corrected chi connectivity index (χ0v) is 20.1. The van der Waals surface area contributed by atoms with Gasteiger partial charge >= 0.3 is 6.18 Å². The normalized spacial score (nSPS) is 22.0. The van der Waals surface area contributed by atoms with Gasteiger partial charge < -0.3 is 15.5 Å². The summed E-state index contributed by atoms with van der Waals surface area (Å²) in [5.41, 5.74) is 1.94. The van der Waals surface area contributed by atoms with Crippen molar-refractivity contribution >= 4 is 34.9 Å². The van der Waals surface area contributed by atoms with Gasteiger partial charge in [0.05, 0.1) is 17.0 Å². The number of anilines is 1. The van der Waals surface area contributed by atoms with Gasteiger partial charge in [-0.1, -0.05) is 12.2 Å². The zero-order chi connectivity index (χ0) is 24.5. The number of aryl methyl sites for hydroxylation is 2. The van der Waals surface area contributed by atoms with Crippen LogP contribution >= 0.6 is 12.2 Å². The van der Waals surface area contributed by atoms with Crippen LogP contribution in [-0.2, 0) is 6.42 Å². The van der Waals surface area contributed by atoms with Gasteiger partial charge in [-0.05, 0) is 69.8 Å². The Hall–Kier alpha value is -2.85. The van der Waals surface area contributed by atoms with E-state index < -0.39 is 17.4 Å². The van der Waals surface area contributed by atoms with Crippen molar-refractivity contribution in [3.05, 3.63) is 58.6 Å². The van der Waals surface area contributed by atoms with Crippen molar-refractivity contribution in [3.8, 4) is 0 Å². The second kappa shape index (κ2) is 9.42. The molecular weight excluding hydrogens is 461 g/mol. The Balaban J connectivity index is 1.61. The third-order valence-corrected chi connectivity index (χ3v) is 6.29. The Bertz CT molecular complexity index is 1150. The molecule has 0 saturated heterocycles. The van der Waals surface area contributed by atoms with E-state index in [1.807, 2.05) is 33.3 Å². The quantitative estimate of drug-likeness (QED) is 0.598. The summed E-state index contributed by atoms with van der Waals surface area (Å²) in [6.45, 7) is 2.87. The van der Waals surface area contributed by atoms with Crippen molar-refractivity contribution in [1.82, 2.24) is 15.2 Å². The highest BCUT2D eigenvalue weighted by Gasteiger charge is 2.46. The van der Waals surface area contributed by atoms with Crippen molar-refractivity contribution in [2.75, 3.05) is 26.0 Å². The van der Waals surface area contributed by atoms with E-state index in [-0.39, 0.29) is 6.42 Å². The zero-order valence-electron chi connectivity index (χ0n) is 19.3. The fourth-order valence-corrected chi connectivity index (χ4v) is 4.53. The SMILES string of the molecule is Cc1ncc(CCCN(C)C)cc1NC1=NC=C2CC(=S)CC3=CC(C(F)(F)F)=CC=NC23N1. The molecule has 4 rings (SSSR count). The molecule has 0 radical (unpaired) electrons. The summed E-state index contributed by atoms with van der Waals surface area (Å²) in [6.07, 6.45) is 4.97. The summed E-state index contributed by atoms with van der Waals surface area (Å²) in [6, 6.07) is 2.03. The molecule has 180 valence electrons. The maximum atomic E-state index is 13.5. The minimum absolute atomic E-state index is 0.250. The van der Waals surface area contributed by atoms with E-state index >= 15 is 0 Å². The van der Waals surface area contributed by atoms with E-state index in [4.69, 9.17) is 12.2 Å². The van der Waals surface area contributed by atoms with E-state index in [1.54, 1.807) is 6.20 Å². The van der Waals surface area contributed by atoms with Crippen LogP contribution in [0.1, 0.15) is 30.5 Å². The van der Waals surface area contributed by atoms with Gasteiger partial charge in [0, 0.05) is 41.9 Å². The molecular formula is C24H27F3N6S. The van der Waals surface area contributed by atoms with E-state index in [2.05, 4.69) is 30.5 Å². The molecule has 1 aromatic rings. The largest absolute Gasteiger partial charge is 0.416 e. The van der Waals surface area contributed by atoms with E-state index in [1.165, 1.54) is 6.21 Å². The first-order valence-corrected chi connectivity index (χ1v) is 11.5. The van der Waals surface area contributed by atoms with Crippen LogP contribution in [0.25, 0.3) is 0 Å². The molecule has 1 fully saturated rings. The lowest BCUT2D eigenvalue weighted by molar-refractivity contribution is -0.0881. The first-order chi connectivity index (χ1) is 16.1. The summed E-state index contributed by atoms with van der Waals surface area (Å²) in [4.78, 5) is 16.3. The van der Waals surface area contributed by atoms with Crippen molar-refractivity contribution < 1.29 is 13.2 Å². The molecule has 1 aliphatic carbocycles. The lowest BCUT2D eigenvalue weighted by Gasteiger charge is -2.41. The number of hydrogen-bond donors (Lipinski definition) is 2. The molecule has 3 aliphatic rings. The van der Waals surface area contributed by atoms with Crippen LogP contribution in [0.2, 0.25) is 0 Å². The lowest BCUT2D eigenvalue weighted by atomic mass is 9.79. The standard InChI is InChI=1S/C24H27F3N6S/c1-15-21(9-16(13-28-15)5-4-8-33(2)3)31-22-29-14-19-12-20(34)11-18-10-17(24(25,26)27)6-7-30-23(18,19)32-22/h6-7,9-10,13-14H,4-5,8,11-12H2,1-3H3,(H2,29,31,32). The molecule has 1 aromatic heterocycles. The van der Waals surface area contributed by atoms with Crippen LogP contribution < -0.4 is 10.6 Å². The summed E-state index contributed by atoms with van der Waals surface area (Å²) in [7, 11) is 4.08. The molecule has 0 amide bonds. The molecule has 3 heterocycles. The van der Waals surface area contributed by atoms with E-state index in [0.717, 1.165) is 54.1 Å². The molecule has 2 N–H and O–H groups in total. The number of thiocarbonyl (C=S) groups is 1. The molecule has 0 aromatic carbocycles. The highest BCUT2D eigenvalue weighted by Crippen LogP contribution is 2.42. The number of nitrogens with zero attached hydrogens (tertiary/aromatic N) is 4. The van der Waals surface area contributed by atoms with Gasteiger partial charge in [-0.15, -0.1) is 0 Å². The Morgan fingerprint density at radius 2 is 2.00 bits per heavy atom. The number of pyridine rings is 1. The van der Waals surface area contributed by atoms with Gasteiger partial charge in [-0.2, -0.15) is 13.2 Å². The Morgan fingerprint density at radius 3 is 2.74 bits per heavy atom. The van der Waals surface area contributed by atoms with Crippen molar-refractivity contribution in [2.45, 2.75) is 44.4 Å². The number of aliphatic imine (C=N–C) groups is 2. The number of rotatable bonds is 5. The number of halogens is 3. The molecule has 2 aliphatic heterocycles. The van der Waals surface area contributed by atoms with Gasteiger partial charge in [0.15, 0.2) is 5.66 Å². The minimum Gasteiger partial charge on any atom is -0.324 e. The average Bonchev–Trinajstić information content (AvgIpc) is 2.93. The first-order valence-electron chi connectivity index (χ1n) is 11.0. The predicted octanol–water partition coefficient (Wildman–Crippen LogP) is 4.50. The van der Waals surface area contributed by atoms with Crippen molar-refractivity contribution in [1.29, 1.82) is 0 Å². The number of allylic oxidation sites excluding steroid dienone is 3. The number of guanidine groups is 1. The molecule has 10 heteroatoms. The topological polar surface area (TPSA) is 64.9 Å².